The second-order valence-electron chi connectivity index (χ2n) is 8.13. The lowest BCUT2D eigenvalue weighted by atomic mass is 9.77. The minimum atomic E-state index is -0.732. The second kappa shape index (κ2) is 10.2. The van der Waals surface area contributed by atoms with Crippen molar-refractivity contribution in [1.29, 1.82) is 0 Å². The molecule has 1 saturated carbocycles. The molecule has 0 radical (unpaired) electrons. The number of benzene rings is 2. The van der Waals surface area contributed by atoms with Crippen molar-refractivity contribution in [1.82, 2.24) is 0 Å². The maximum absolute atomic E-state index is 14.2. The Morgan fingerprint density at radius 1 is 0.929 bits per heavy atom. The highest BCUT2D eigenvalue weighted by Crippen LogP contribution is 2.38. The summed E-state index contributed by atoms with van der Waals surface area (Å²) in [5, 5.41) is 0. The standard InChI is InChI=1S/C25H32F2O/c1-3-4-5-7-18-10-12-19(13-11-18)20-14-16-21(17-15-20)25(28-2)24-22(26)8-6-9-23(24)27/h6,8-9,14-19,25H,3-5,7,10-13H2,1-2H3. The van der Waals surface area contributed by atoms with Crippen LogP contribution in [0.3, 0.4) is 0 Å². The summed E-state index contributed by atoms with van der Waals surface area (Å²) >= 11 is 0. The fourth-order valence-electron chi connectivity index (χ4n) is 4.59. The molecular formula is C25H32F2O. The maximum atomic E-state index is 14.2. The van der Waals surface area contributed by atoms with E-state index in [1.165, 1.54) is 82.2 Å². The van der Waals surface area contributed by atoms with Crippen molar-refractivity contribution in [2.75, 3.05) is 7.11 Å². The van der Waals surface area contributed by atoms with Crippen LogP contribution >= 0.6 is 0 Å². The van der Waals surface area contributed by atoms with Crippen molar-refractivity contribution in [3.63, 3.8) is 0 Å². The molecule has 0 amide bonds. The number of hydrogen-bond acceptors (Lipinski definition) is 1. The summed E-state index contributed by atoms with van der Waals surface area (Å²) in [6.45, 7) is 2.26. The largest absolute Gasteiger partial charge is 0.372 e. The summed E-state index contributed by atoms with van der Waals surface area (Å²) in [5.41, 5.74) is 2.09. The average molecular weight is 387 g/mol. The number of ether oxygens (including phenoxy) is 1. The monoisotopic (exact) mass is 386 g/mol. The first kappa shape index (κ1) is 21.0. The maximum Gasteiger partial charge on any atom is 0.132 e. The van der Waals surface area contributed by atoms with Crippen molar-refractivity contribution >= 4 is 0 Å². The molecule has 3 heteroatoms. The fourth-order valence-corrected chi connectivity index (χ4v) is 4.59. The molecule has 1 nitrogen and oxygen atoms in total. The van der Waals surface area contributed by atoms with E-state index in [0.29, 0.717) is 5.92 Å². The van der Waals surface area contributed by atoms with Gasteiger partial charge in [0.1, 0.15) is 17.7 Å². The van der Waals surface area contributed by atoms with Gasteiger partial charge in [0, 0.05) is 7.11 Å². The SMILES string of the molecule is CCCCCC1CCC(c2ccc(C(OC)c3c(F)cccc3F)cc2)CC1. The van der Waals surface area contributed by atoms with Crippen molar-refractivity contribution in [3.05, 3.63) is 70.8 Å². The van der Waals surface area contributed by atoms with Crippen LogP contribution in [0.5, 0.6) is 0 Å². The van der Waals surface area contributed by atoms with E-state index in [1.54, 1.807) is 0 Å². The lowest BCUT2D eigenvalue weighted by molar-refractivity contribution is 0.129. The van der Waals surface area contributed by atoms with Crippen LogP contribution in [0.4, 0.5) is 8.78 Å². The Balaban J connectivity index is 1.65. The van der Waals surface area contributed by atoms with E-state index in [4.69, 9.17) is 4.74 Å². The molecule has 1 aliphatic rings. The van der Waals surface area contributed by atoms with E-state index in [1.807, 2.05) is 12.1 Å². The molecule has 0 N–H and O–H groups in total. The smallest absolute Gasteiger partial charge is 0.132 e. The summed E-state index contributed by atoms with van der Waals surface area (Å²) in [6, 6.07) is 12.1. The van der Waals surface area contributed by atoms with Crippen LogP contribution in [0.15, 0.2) is 42.5 Å². The van der Waals surface area contributed by atoms with E-state index in [0.717, 1.165) is 11.5 Å². The molecule has 1 aliphatic carbocycles. The summed E-state index contributed by atoms with van der Waals surface area (Å²) in [6.07, 6.45) is 9.77. The van der Waals surface area contributed by atoms with Gasteiger partial charge in [0.15, 0.2) is 0 Å². The second-order valence-corrected chi connectivity index (χ2v) is 8.13. The molecule has 0 heterocycles. The quantitative estimate of drug-likeness (QED) is 0.425. The van der Waals surface area contributed by atoms with Crippen LogP contribution in [-0.4, -0.2) is 7.11 Å². The highest BCUT2D eigenvalue weighted by atomic mass is 19.1. The van der Waals surface area contributed by atoms with Gasteiger partial charge in [0.05, 0.1) is 5.56 Å². The van der Waals surface area contributed by atoms with Crippen molar-refractivity contribution in [3.8, 4) is 0 Å². The number of unbranched alkanes of at least 4 members (excludes halogenated alkanes) is 2. The van der Waals surface area contributed by atoms with Gasteiger partial charge >= 0.3 is 0 Å². The first-order valence-corrected chi connectivity index (χ1v) is 10.7. The van der Waals surface area contributed by atoms with Crippen LogP contribution in [-0.2, 0) is 4.74 Å². The lowest BCUT2D eigenvalue weighted by Gasteiger charge is -2.29. The van der Waals surface area contributed by atoms with Gasteiger partial charge < -0.3 is 4.74 Å². The van der Waals surface area contributed by atoms with Gasteiger partial charge in [-0.15, -0.1) is 0 Å². The number of halogens is 2. The van der Waals surface area contributed by atoms with E-state index in [-0.39, 0.29) is 5.56 Å². The van der Waals surface area contributed by atoms with E-state index < -0.39 is 17.7 Å². The molecule has 0 bridgehead atoms. The average Bonchev–Trinajstić information content (AvgIpc) is 2.72. The summed E-state index contributed by atoms with van der Waals surface area (Å²) in [7, 11) is 1.49. The van der Waals surface area contributed by atoms with E-state index >= 15 is 0 Å². The van der Waals surface area contributed by atoms with Crippen LogP contribution in [0, 0.1) is 17.6 Å². The number of methoxy groups -OCH3 is 1. The zero-order valence-electron chi connectivity index (χ0n) is 17.1. The Morgan fingerprint density at radius 3 is 2.14 bits per heavy atom. The normalized spacial score (nSPS) is 20.9. The molecule has 2 aromatic carbocycles. The first-order valence-electron chi connectivity index (χ1n) is 10.7. The van der Waals surface area contributed by atoms with Gasteiger partial charge in [-0.2, -0.15) is 0 Å². The minimum Gasteiger partial charge on any atom is -0.372 e. The first-order chi connectivity index (χ1) is 13.6. The molecule has 3 rings (SSSR count). The van der Waals surface area contributed by atoms with Crippen LogP contribution in [0.2, 0.25) is 0 Å². The van der Waals surface area contributed by atoms with Gasteiger partial charge in [0.2, 0.25) is 0 Å². The lowest BCUT2D eigenvalue weighted by Crippen LogP contribution is -2.14. The van der Waals surface area contributed by atoms with Gasteiger partial charge in [-0.25, -0.2) is 8.78 Å². The third-order valence-corrected chi connectivity index (χ3v) is 6.27. The number of hydrogen-bond donors (Lipinski definition) is 0. The highest BCUT2D eigenvalue weighted by molar-refractivity contribution is 5.35. The van der Waals surface area contributed by atoms with Crippen molar-refractivity contribution in [2.24, 2.45) is 5.92 Å². The Labute approximate surface area is 168 Å². The Morgan fingerprint density at radius 2 is 1.57 bits per heavy atom. The number of rotatable bonds is 8. The van der Waals surface area contributed by atoms with Crippen LogP contribution in [0.1, 0.15) is 87.0 Å². The Bertz CT molecular complexity index is 712. The topological polar surface area (TPSA) is 9.23 Å². The highest BCUT2D eigenvalue weighted by Gasteiger charge is 2.24. The summed E-state index contributed by atoms with van der Waals surface area (Å²) in [5.74, 6) is 0.348. The molecule has 0 aromatic heterocycles. The van der Waals surface area contributed by atoms with Gasteiger partial charge in [-0.05, 0) is 60.8 Å². The molecule has 0 aliphatic heterocycles. The predicted molar refractivity (Wildman–Crippen MR) is 110 cm³/mol. The zero-order chi connectivity index (χ0) is 19.9. The third kappa shape index (κ3) is 5.00. The molecule has 1 fully saturated rings. The molecule has 0 spiro atoms. The molecule has 152 valence electrons. The zero-order valence-corrected chi connectivity index (χ0v) is 17.1. The Kier molecular flexibility index (Phi) is 7.61. The molecular weight excluding hydrogens is 354 g/mol. The van der Waals surface area contributed by atoms with Gasteiger partial charge in [-0.1, -0.05) is 62.9 Å². The Hall–Kier alpha value is -1.74. The molecule has 2 aromatic rings. The van der Waals surface area contributed by atoms with Crippen LogP contribution in [0.25, 0.3) is 0 Å². The van der Waals surface area contributed by atoms with Crippen LogP contribution < -0.4 is 0 Å². The summed E-state index contributed by atoms with van der Waals surface area (Å²) in [4.78, 5) is 0. The molecule has 28 heavy (non-hydrogen) atoms. The third-order valence-electron chi connectivity index (χ3n) is 6.27. The van der Waals surface area contributed by atoms with Crippen molar-refractivity contribution in [2.45, 2.75) is 70.3 Å². The van der Waals surface area contributed by atoms with Crippen molar-refractivity contribution < 1.29 is 13.5 Å². The van der Waals surface area contributed by atoms with E-state index in [9.17, 15) is 8.78 Å². The van der Waals surface area contributed by atoms with Gasteiger partial charge in [-0.3, -0.25) is 0 Å². The van der Waals surface area contributed by atoms with Gasteiger partial charge in [0.25, 0.3) is 0 Å². The molecule has 0 saturated heterocycles. The molecule has 1 unspecified atom stereocenters. The van der Waals surface area contributed by atoms with E-state index in [2.05, 4.69) is 19.1 Å². The minimum absolute atomic E-state index is 0.0228. The predicted octanol–water partition coefficient (Wildman–Crippen LogP) is 7.55. The molecule has 1 atom stereocenters. The fraction of sp³-hybridized carbons (Fsp3) is 0.520. The summed E-state index contributed by atoms with van der Waals surface area (Å²) < 4.78 is 33.8.